The maximum atomic E-state index is 12.9. The molecule has 7 heteroatoms. The van der Waals surface area contributed by atoms with Crippen molar-refractivity contribution >= 4 is 11.9 Å². The molecule has 0 saturated heterocycles. The molecule has 4 rings (SSSR count). The number of nitrogens with zero attached hydrogens (tertiary/aromatic N) is 3. The maximum absolute atomic E-state index is 12.9. The number of esters is 1. The number of carbonyl (C=O) groups is 2. The Morgan fingerprint density at radius 3 is 2.38 bits per heavy atom. The molecule has 0 unspecified atom stereocenters. The van der Waals surface area contributed by atoms with Gasteiger partial charge in [-0.3, -0.25) is 9.48 Å². The molecule has 0 spiro atoms. The second-order valence-electron chi connectivity index (χ2n) is 7.39. The van der Waals surface area contributed by atoms with Gasteiger partial charge in [-0.05, 0) is 43.4 Å². The summed E-state index contributed by atoms with van der Waals surface area (Å²) in [6.07, 6.45) is 10.0. The van der Waals surface area contributed by atoms with Gasteiger partial charge in [0, 0.05) is 24.4 Å². The third-order valence-electron chi connectivity index (χ3n) is 4.93. The van der Waals surface area contributed by atoms with Gasteiger partial charge in [0.25, 0.3) is 5.91 Å². The molecule has 1 aliphatic carbocycles. The van der Waals surface area contributed by atoms with Gasteiger partial charge in [-0.15, -0.1) is 5.10 Å². The molecule has 32 heavy (non-hydrogen) atoms. The Morgan fingerprint density at radius 1 is 0.969 bits per heavy atom. The van der Waals surface area contributed by atoms with Crippen LogP contribution >= 0.6 is 0 Å². The number of nitrogens with one attached hydrogen (secondary N) is 1. The van der Waals surface area contributed by atoms with E-state index in [9.17, 15) is 9.59 Å². The normalized spacial score (nSPS) is 14.8. The summed E-state index contributed by atoms with van der Waals surface area (Å²) in [5.41, 5.74) is 1.94. The fraction of sp³-hybridized carbons (Fsp3) is 0.160. The van der Waals surface area contributed by atoms with E-state index in [0.717, 1.165) is 11.5 Å². The third kappa shape index (κ3) is 6.03. The zero-order valence-corrected chi connectivity index (χ0v) is 17.4. The van der Waals surface area contributed by atoms with Crippen molar-refractivity contribution in [3.05, 3.63) is 115 Å². The van der Waals surface area contributed by atoms with Crippen molar-refractivity contribution in [2.75, 3.05) is 0 Å². The van der Waals surface area contributed by atoms with Crippen LogP contribution < -0.4 is 5.32 Å². The largest absolute Gasteiger partial charge is 0.457 e. The number of amides is 1. The molecule has 1 aliphatic rings. The zero-order valence-electron chi connectivity index (χ0n) is 17.4. The predicted molar refractivity (Wildman–Crippen MR) is 118 cm³/mol. The lowest BCUT2D eigenvalue weighted by Crippen LogP contribution is -2.43. The standard InChI is InChI=1S/C25H23N4O3/c30-24(21-13-5-2-6-14-21)26-23(15-19-9-3-1-4-10-19)25(31)32-18-22-17-29(28-27-22)16-20-11-7-8-12-20/h1-14,17,23H,15-16,18H2,(H,26,30)/t23-/m0/s1. The molecule has 1 N–H and O–H groups in total. The summed E-state index contributed by atoms with van der Waals surface area (Å²) in [7, 11) is 0. The Morgan fingerprint density at radius 2 is 1.66 bits per heavy atom. The Kier molecular flexibility index (Phi) is 7.27. The van der Waals surface area contributed by atoms with E-state index in [4.69, 9.17) is 4.74 Å². The number of hydrogen-bond donors (Lipinski definition) is 1. The lowest BCUT2D eigenvalue weighted by Gasteiger charge is -2.17. The van der Waals surface area contributed by atoms with Gasteiger partial charge in [0.05, 0.1) is 6.20 Å². The summed E-state index contributed by atoms with van der Waals surface area (Å²) >= 11 is 0. The summed E-state index contributed by atoms with van der Waals surface area (Å²) < 4.78 is 7.17. The van der Waals surface area contributed by atoms with Crippen molar-refractivity contribution in [2.24, 2.45) is 0 Å². The van der Waals surface area contributed by atoms with Gasteiger partial charge in [-0.25, -0.2) is 4.79 Å². The molecule has 1 aromatic heterocycles. The van der Waals surface area contributed by atoms with Crippen molar-refractivity contribution in [3.8, 4) is 0 Å². The van der Waals surface area contributed by atoms with E-state index in [0.29, 0.717) is 24.2 Å². The van der Waals surface area contributed by atoms with Crippen molar-refractivity contribution < 1.29 is 14.3 Å². The molecule has 161 valence electrons. The summed E-state index contributed by atoms with van der Waals surface area (Å²) in [5, 5.41) is 10.9. The molecule has 3 aromatic rings. The molecular formula is C25H23N4O3. The van der Waals surface area contributed by atoms with Crippen molar-refractivity contribution in [3.63, 3.8) is 0 Å². The first-order valence-electron chi connectivity index (χ1n) is 10.3. The van der Waals surface area contributed by atoms with Crippen LogP contribution in [0.25, 0.3) is 0 Å². The highest BCUT2D eigenvalue weighted by Gasteiger charge is 2.24. The molecule has 1 fully saturated rings. The monoisotopic (exact) mass is 427 g/mol. The molecule has 2 aromatic carbocycles. The second-order valence-corrected chi connectivity index (χ2v) is 7.39. The number of aromatic nitrogens is 3. The van der Waals surface area contributed by atoms with Crippen molar-refractivity contribution in [1.29, 1.82) is 0 Å². The van der Waals surface area contributed by atoms with E-state index in [1.807, 2.05) is 62.1 Å². The summed E-state index contributed by atoms with van der Waals surface area (Å²) in [4.78, 5) is 25.5. The van der Waals surface area contributed by atoms with Crippen LogP contribution in [0.3, 0.4) is 0 Å². The summed E-state index contributed by atoms with van der Waals surface area (Å²) in [5.74, 6) is 0.262. The zero-order chi connectivity index (χ0) is 22.2. The third-order valence-corrected chi connectivity index (χ3v) is 4.93. The van der Waals surface area contributed by atoms with E-state index in [1.54, 1.807) is 35.1 Å². The van der Waals surface area contributed by atoms with Gasteiger partial charge in [0.15, 0.2) is 0 Å². The fourth-order valence-corrected chi connectivity index (χ4v) is 3.31. The molecule has 5 radical (unpaired) electrons. The molecule has 0 aliphatic heterocycles. The number of carbonyl (C=O) groups excluding carboxylic acids is 2. The highest BCUT2D eigenvalue weighted by Crippen LogP contribution is 2.24. The van der Waals surface area contributed by atoms with E-state index >= 15 is 0 Å². The van der Waals surface area contributed by atoms with Gasteiger partial charge in [-0.2, -0.15) is 0 Å². The second kappa shape index (κ2) is 10.7. The van der Waals surface area contributed by atoms with Gasteiger partial charge >= 0.3 is 5.97 Å². The first-order chi connectivity index (χ1) is 15.7. The average molecular weight is 427 g/mol. The van der Waals surface area contributed by atoms with Gasteiger partial charge in [0.2, 0.25) is 0 Å². The van der Waals surface area contributed by atoms with Crippen molar-refractivity contribution in [2.45, 2.75) is 25.6 Å². The molecule has 1 amide bonds. The quantitative estimate of drug-likeness (QED) is 0.531. The van der Waals surface area contributed by atoms with Crippen LogP contribution in [0.5, 0.6) is 0 Å². The van der Waals surface area contributed by atoms with Crippen molar-refractivity contribution in [1.82, 2.24) is 20.3 Å². The first-order valence-corrected chi connectivity index (χ1v) is 10.3. The van der Waals surface area contributed by atoms with E-state index < -0.39 is 12.0 Å². The van der Waals surface area contributed by atoms with Crippen LogP contribution in [-0.4, -0.2) is 32.9 Å². The Balaban J connectivity index is 1.38. The molecule has 1 atom stereocenters. The summed E-state index contributed by atoms with van der Waals surface area (Å²) in [6.45, 7) is 0.573. The maximum Gasteiger partial charge on any atom is 0.329 e. The minimum atomic E-state index is -0.829. The average Bonchev–Trinajstić information content (AvgIpc) is 3.51. The number of hydrogen-bond acceptors (Lipinski definition) is 5. The van der Waals surface area contributed by atoms with Crippen LogP contribution in [-0.2, 0) is 29.1 Å². The van der Waals surface area contributed by atoms with Gasteiger partial charge < -0.3 is 10.1 Å². The fourth-order valence-electron chi connectivity index (χ4n) is 3.31. The van der Waals surface area contributed by atoms with E-state index in [1.165, 1.54) is 0 Å². The van der Waals surface area contributed by atoms with Crippen LogP contribution in [0, 0.1) is 31.6 Å². The number of rotatable bonds is 9. The highest BCUT2D eigenvalue weighted by atomic mass is 16.5. The Hall–Kier alpha value is -3.48. The predicted octanol–water partition coefficient (Wildman–Crippen LogP) is 2.77. The van der Waals surface area contributed by atoms with Gasteiger partial charge in [-0.1, -0.05) is 53.7 Å². The lowest BCUT2D eigenvalue weighted by molar-refractivity contribution is -0.147. The summed E-state index contributed by atoms with van der Waals surface area (Å²) in [6, 6.07) is 17.4. The van der Waals surface area contributed by atoms with Gasteiger partial charge in [0.1, 0.15) is 18.3 Å². The van der Waals surface area contributed by atoms with E-state index in [2.05, 4.69) is 15.6 Å². The Labute approximate surface area is 187 Å². The minimum Gasteiger partial charge on any atom is -0.457 e. The van der Waals surface area contributed by atoms with Crippen LogP contribution in [0.15, 0.2) is 66.9 Å². The molecular weight excluding hydrogens is 404 g/mol. The molecule has 7 nitrogen and oxygen atoms in total. The van der Waals surface area contributed by atoms with Crippen LogP contribution in [0.4, 0.5) is 0 Å². The highest BCUT2D eigenvalue weighted by molar-refractivity contribution is 5.96. The molecule has 0 bridgehead atoms. The topological polar surface area (TPSA) is 86.1 Å². The first kappa shape index (κ1) is 21.7. The Bertz CT molecular complexity index is 1010. The van der Waals surface area contributed by atoms with Crippen LogP contribution in [0.1, 0.15) is 21.6 Å². The molecule has 1 heterocycles. The smallest absolute Gasteiger partial charge is 0.329 e. The lowest BCUT2D eigenvalue weighted by atomic mass is 10.1. The number of benzene rings is 2. The number of ether oxygens (including phenoxy) is 1. The molecule has 1 saturated carbocycles. The SMILES string of the molecule is O=C(N[C@@H](Cc1ccccc1)C(=O)OCc1cn(C[C]2[CH][CH][CH][CH]2)nn1)c1ccccc1. The van der Waals surface area contributed by atoms with Crippen LogP contribution in [0.2, 0.25) is 0 Å². The van der Waals surface area contributed by atoms with E-state index in [-0.39, 0.29) is 12.5 Å². The minimum absolute atomic E-state index is 0.0215.